The molecule has 3 aliphatic rings. The van der Waals surface area contributed by atoms with Crippen LogP contribution in [0.3, 0.4) is 0 Å². The van der Waals surface area contributed by atoms with E-state index in [0.29, 0.717) is 29.3 Å². The number of nitrogens with one attached hydrogen (secondary N) is 3. The number of fused-ring (bicyclic) bond motifs is 7. The number of aliphatic imine (C=N–C) groups is 1. The van der Waals surface area contributed by atoms with Gasteiger partial charge < -0.3 is 24.8 Å². The molecule has 0 aromatic carbocycles. The zero-order chi connectivity index (χ0) is 31.6. The molecule has 4 N–H and O–H groups in total. The monoisotopic (exact) mass is 594 g/mol. The number of H-pyrrole nitrogens is 3. The zero-order valence-electron chi connectivity index (χ0n) is 26.0. The second-order valence-electron chi connectivity index (χ2n) is 12.1. The molecule has 0 saturated carbocycles. The van der Waals surface area contributed by atoms with Gasteiger partial charge in [-0.15, -0.1) is 0 Å². The molecule has 3 aromatic rings. The number of carbonyl (C=O) groups is 3. The van der Waals surface area contributed by atoms with Crippen molar-refractivity contribution in [3.8, 4) is 0 Å². The number of ether oxygens (including phenoxy) is 1. The number of methoxy groups -OCH3 is 1. The number of carbonyl (C=O) groups excluding carboxylic acids is 2. The van der Waals surface area contributed by atoms with Gasteiger partial charge >= 0.3 is 11.9 Å². The molecule has 0 saturated heterocycles. The fourth-order valence-corrected chi connectivity index (χ4v) is 7.48. The molecule has 3 aromatic heterocycles. The molecule has 1 unspecified atom stereocenters. The van der Waals surface area contributed by atoms with Crippen LogP contribution in [0.5, 0.6) is 0 Å². The lowest BCUT2D eigenvalue weighted by Crippen LogP contribution is -2.29. The highest BCUT2D eigenvalue weighted by molar-refractivity contribution is 6.22. The van der Waals surface area contributed by atoms with Crippen LogP contribution >= 0.6 is 0 Å². The number of nitrogens with zero attached hydrogens (tertiary/aromatic N) is 1. The van der Waals surface area contributed by atoms with Crippen LogP contribution in [0.4, 0.5) is 0 Å². The predicted molar refractivity (Wildman–Crippen MR) is 170 cm³/mol. The zero-order valence-corrected chi connectivity index (χ0v) is 26.0. The van der Waals surface area contributed by atoms with E-state index >= 15 is 0 Å². The summed E-state index contributed by atoms with van der Waals surface area (Å²) in [6.45, 7) is 14.3. The van der Waals surface area contributed by atoms with Gasteiger partial charge in [0.05, 0.1) is 18.5 Å². The van der Waals surface area contributed by atoms with Gasteiger partial charge in [0.2, 0.25) is 0 Å². The summed E-state index contributed by atoms with van der Waals surface area (Å²) in [6.07, 6.45) is 7.67. The average molecular weight is 595 g/mol. The Morgan fingerprint density at radius 1 is 1.05 bits per heavy atom. The molecule has 1 aliphatic carbocycles. The largest absolute Gasteiger partial charge is 0.481 e. The molecule has 0 radical (unpaired) electrons. The summed E-state index contributed by atoms with van der Waals surface area (Å²) in [4.78, 5) is 54.7. The number of carboxylic acids is 1. The summed E-state index contributed by atoms with van der Waals surface area (Å²) in [5.74, 6) is -3.07. The SMILES string of the molecule is C=Cc1c(C)c2[nH]c1=Cc1[nH]c(c(CC)c1C)/C=c1\[nH]c3c(c1C)C(=O)[C@H](C(=O)OC)C=3C1C[C@@H](CCC(=O)O)C(=N1)C=2C. The molecule has 0 fully saturated rings. The highest BCUT2D eigenvalue weighted by Crippen LogP contribution is 2.38. The molecule has 3 atom stereocenters. The smallest absolute Gasteiger partial charge is 0.320 e. The van der Waals surface area contributed by atoms with Crippen LogP contribution in [0.15, 0.2) is 11.6 Å². The van der Waals surface area contributed by atoms with Crippen LogP contribution in [0.1, 0.15) is 82.7 Å². The van der Waals surface area contributed by atoms with Gasteiger partial charge in [-0.1, -0.05) is 19.6 Å². The standard InChI is InChI=1S/C35H38N4O5/c1-8-20-15(3)22-13-25-21(9-2)16(4)31(38-25)18(6)32-19(10-11-27(40)41)12-26(39-32)29-30(35(43)44-7)34(42)28-17(5)23(37-33(28)29)14-24(20)36-22/h9,13-14,19,26,30,36-38H,2,8,10-12H2,1,3-7H3,(H,40,41)/b23-14-,25-13?,31-18?/t19-,26?,30-/m1/s1. The summed E-state index contributed by atoms with van der Waals surface area (Å²) in [5, 5.41) is 12.8. The van der Waals surface area contributed by atoms with E-state index in [1.165, 1.54) is 12.7 Å². The second kappa shape index (κ2) is 10.8. The number of hydrogen-bond donors (Lipinski definition) is 4. The number of ketones is 1. The number of aromatic nitrogens is 3. The maximum absolute atomic E-state index is 13.9. The Hall–Kier alpha value is -4.66. The fraction of sp³-hybridized carbons (Fsp3) is 0.371. The van der Waals surface area contributed by atoms with Gasteiger partial charge in [-0.25, -0.2) is 0 Å². The summed E-state index contributed by atoms with van der Waals surface area (Å²) >= 11 is 0. The van der Waals surface area contributed by atoms with Crippen molar-refractivity contribution in [2.24, 2.45) is 16.8 Å². The number of rotatable bonds is 6. The molecule has 0 spiro atoms. The Bertz CT molecular complexity index is 2070. The molecule has 9 heteroatoms. The third-order valence-electron chi connectivity index (χ3n) is 9.76. The van der Waals surface area contributed by atoms with E-state index in [1.807, 2.05) is 32.9 Å². The van der Waals surface area contributed by atoms with E-state index < -0.39 is 23.9 Å². The molecule has 8 bridgehead atoms. The van der Waals surface area contributed by atoms with E-state index in [4.69, 9.17) is 9.73 Å². The van der Waals surface area contributed by atoms with Crippen LogP contribution < -0.4 is 21.4 Å². The summed E-state index contributed by atoms with van der Waals surface area (Å²) in [7, 11) is 1.29. The first kappa shape index (κ1) is 29.4. The van der Waals surface area contributed by atoms with Crippen molar-refractivity contribution in [3.05, 3.63) is 72.7 Å². The lowest BCUT2D eigenvalue weighted by atomic mass is 9.86. The van der Waals surface area contributed by atoms with Crippen molar-refractivity contribution in [2.45, 2.75) is 66.3 Å². The first-order chi connectivity index (χ1) is 21.0. The number of aliphatic carboxylic acids is 1. The van der Waals surface area contributed by atoms with Crippen LogP contribution in [-0.4, -0.2) is 56.6 Å². The Labute approximate surface area is 254 Å². The van der Waals surface area contributed by atoms with Gasteiger partial charge in [-0.2, -0.15) is 0 Å². The van der Waals surface area contributed by atoms with Gasteiger partial charge in [0.25, 0.3) is 0 Å². The number of aromatic amines is 3. The average Bonchev–Trinajstić information content (AvgIpc) is 3.76. The minimum atomic E-state index is -1.10. The Morgan fingerprint density at radius 2 is 1.75 bits per heavy atom. The minimum absolute atomic E-state index is 0.0149. The van der Waals surface area contributed by atoms with Crippen molar-refractivity contribution in [3.63, 3.8) is 0 Å². The molecular formula is C35H38N4O5. The third kappa shape index (κ3) is 4.36. The number of Topliss-reactive ketones (excluding diaryl/α,β-unsaturated/α-hetero) is 1. The molecule has 2 aliphatic heterocycles. The number of esters is 1. The van der Waals surface area contributed by atoms with E-state index in [1.54, 1.807) is 0 Å². The van der Waals surface area contributed by atoms with Crippen molar-refractivity contribution < 1.29 is 24.2 Å². The second-order valence-corrected chi connectivity index (χ2v) is 12.1. The molecule has 44 heavy (non-hydrogen) atoms. The fourth-order valence-electron chi connectivity index (χ4n) is 7.48. The van der Waals surface area contributed by atoms with Crippen LogP contribution in [-0.2, 0) is 20.7 Å². The first-order valence-electron chi connectivity index (χ1n) is 15.1. The van der Waals surface area contributed by atoms with Gasteiger partial charge in [-0.3, -0.25) is 19.4 Å². The van der Waals surface area contributed by atoms with Crippen LogP contribution in [0.25, 0.3) is 29.4 Å². The number of carboxylic acid groups (broad SMARTS) is 1. The third-order valence-corrected chi connectivity index (χ3v) is 9.76. The van der Waals surface area contributed by atoms with Gasteiger partial charge in [0.1, 0.15) is 5.92 Å². The van der Waals surface area contributed by atoms with Crippen molar-refractivity contribution in [1.82, 2.24) is 15.0 Å². The quantitative estimate of drug-likeness (QED) is 0.257. The maximum atomic E-state index is 13.9. The van der Waals surface area contributed by atoms with E-state index in [9.17, 15) is 19.5 Å². The predicted octanol–water partition coefficient (Wildman–Crippen LogP) is 2.47. The van der Waals surface area contributed by atoms with Gasteiger partial charge in [0, 0.05) is 62.2 Å². The first-order valence-corrected chi connectivity index (χ1v) is 15.1. The lowest BCUT2D eigenvalue weighted by molar-refractivity contribution is -0.142. The Morgan fingerprint density at radius 3 is 2.41 bits per heavy atom. The highest BCUT2D eigenvalue weighted by atomic mass is 16.5. The Balaban J connectivity index is 1.75. The normalized spacial score (nSPS) is 21.1. The summed E-state index contributed by atoms with van der Waals surface area (Å²) < 4.78 is 5.14. The summed E-state index contributed by atoms with van der Waals surface area (Å²) in [5.41, 5.74) is 9.78. The summed E-state index contributed by atoms with van der Waals surface area (Å²) in [6, 6.07) is -0.502. The van der Waals surface area contributed by atoms with E-state index in [2.05, 4.69) is 41.5 Å². The lowest BCUT2D eigenvalue weighted by Gasteiger charge is -2.17. The number of hydrogen-bond acceptors (Lipinski definition) is 5. The molecule has 6 rings (SSSR count). The van der Waals surface area contributed by atoms with Crippen molar-refractivity contribution >= 4 is 52.8 Å². The molecule has 228 valence electrons. The molecular weight excluding hydrogens is 556 g/mol. The topological polar surface area (TPSA) is 140 Å². The molecule has 9 nitrogen and oxygen atoms in total. The van der Waals surface area contributed by atoms with Crippen LogP contribution in [0, 0.1) is 32.6 Å². The van der Waals surface area contributed by atoms with Gasteiger partial charge in [0.15, 0.2) is 5.78 Å². The van der Waals surface area contributed by atoms with Crippen molar-refractivity contribution in [1.29, 1.82) is 0 Å². The van der Waals surface area contributed by atoms with Crippen molar-refractivity contribution in [2.75, 3.05) is 7.11 Å². The Kier molecular flexibility index (Phi) is 7.22. The van der Waals surface area contributed by atoms with Gasteiger partial charge in [-0.05, 0) is 86.9 Å². The molecule has 5 heterocycles. The molecule has 0 amide bonds. The maximum Gasteiger partial charge on any atom is 0.320 e. The highest BCUT2D eigenvalue weighted by Gasteiger charge is 2.46. The van der Waals surface area contributed by atoms with E-state index in [0.717, 1.165) is 67.4 Å². The van der Waals surface area contributed by atoms with Crippen LogP contribution in [0.2, 0.25) is 0 Å². The minimum Gasteiger partial charge on any atom is -0.481 e. The van der Waals surface area contributed by atoms with E-state index in [-0.39, 0.29) is 18.1 Å².